The molecule has 0 aromatic heterocycles. The fourth-order valence-electron chi connectivity index (χ4n) is 12.1. The minimum Gasteiger partial charge on any atom is -0.744 e. The third-order valence-corrected chi connectivity index (χ3v) is 18.9. The van der Waals surface area contributed by atoms with Crippen LogP contribution in [0.5, 0.6) is 0 Å². The van der Waals surface area contributed by atoms with Crippen LogP contribution in [0.1, 0.15) is 332 Å². The Bertz CT molecular complexity index is 2230. The number of hydrogen-bond acceptors (Lipinski definition) is 6. The Kier molecular flexibility index (Phi) is 45.8. The number of benzene rings is 4. The van der Waals surface area contributed by atoms with E-state index in [1.165, 1.54) is 268 Å². The first-order valence-corrected chi connectivity index (χ1v) is 36.8. The molecule has 0 fully saturated rings. The van der Waals surface area contributed by atoms with Gasteiger partial charge in [0.2, 0.25) is 0 Å². The van der Waals surface area contributed by atoms with Gasteiger partial charge in [-0.2, -0.15) is 0 Å². The van der Waals surface area contributed by atoms with Crippen molar-refractivity contribution in [3.63, 3.8) is 0 Å². The molecule has 6 nitrogen and oxygen atoms in total. The monoisotopic (exact) mass is 1280 g/mol. The summed E-state index contributed by atoms with van der Waals surface area (Å²) in [5, 5.41) is 4.00. The Morgan fingerprint density at radius 2 is 0.481 bits per heavy atom. The van der Waals surface area contributed by atoms with Crippen molar-refractivity contribution in [2.24, 2.45) is 0 Å². The van der Waals surface area contributed by atoms with Gasteiger partial charge in [-0.15, -0.1) is 0 Å². The topological polar surface area (TPSA) is 114 Å². The first-order chi connectivity index (χ1) is 38.9. The Balaban J connectivity index is 0.000000547. The molecule has 4 aromatic carbocycles. The number of unbranched alkanes of at least 4 members (excludes halogenated alkanes) is 40. The van der Waals surface area contributed by atoms with Crippen LogP contribution >= 0.6 is 0 Å². The van der Waals surface area contributed by atoms with Crippen molar-refractivity contribution in [3.8, 4) is 0 Å². The second-order valence-electron chi connectivity index (χ2n) is 24.2. The van der Waals surface area contributed by atoms with Crippen LogP contribution < -0.4 is 0 Å². The van der Waals surface area contributed by atoms with Crippen LogP contribution in [0.15, 0.2) is 70.5 Å². The second-order valence-corrected chi connectivity index (χ2v) is 26.9. The zero-order valence-electron chi connectivity index (χ0n) is 52.7. The third-order valence-electron chi connectivity index (χ3n) is 17.0. The summed E-state index contributed by atoms with van der Waals surface area (Å²) in [6.45, 7) is 9.05. The van der Waals surface area contributed by atoms with Crippen molar-refractivity contribution < 1.29 is 25.9 Å². The molecule has 456 valence electrons. The molecule has 0 aliphatic rings. The molecule has 0 aliphatic heterocycles. The maximum Gasteiger partial charge on any atom is 2.00 e. The van der Waals surface area contributed by atoms with E-state index < -0.39 is 20.2 Å². The van der Waals surface area contributed by atoms with E-state index in [1.807, 2.05) is 12.1 Å². The van der Waals surface area contributed by atoms with Gasteiger partial charge in [-0.1, -0.05) is 333 Å². The summed E-state index contributed by atoms with van der Waals surface area (Å²) in [6.07, 6.45) is 60.6. The fourth-order valence-corrected chi connectivity index (χ4v) is 13.6. The van der Waals surface area contributed by atoms with Crippen molar-refractivity contribution in [1.29, 1.82) is 0 Å². The minimum atomic E-state index is -4.48. The Hall–Kier alpha value is -1.21. The van der Waals surface area contributed by atoms with Gasteiger partial charge in [-0.05, 0) is 107 Å². The van der Waals surface area contributed by atoms with Gasteiger partial charge in [0, 0.05) is 0 Å². The summed E-state index contributed by atoms with van der Waals surface area (Å²) in [7, 11) is -8.97. The van der Waals surface area contributed by atoms with E-state index in [0.29, 0.717) is 12.8 Å². The Morgan fingerprint density at radius 3 is 0.704 bits per heavy atom. The minimum absolute atomic E-state index is 0. The number of aryl methyl sites for hydroxylation is 4. The molecule has 0 amide bonds. The van der Waals surface area contributed by atoms with E-state index in [1.54, 1.807) is 12.1 Å². The summed E-state index contributed by atoms with van der Waals surface area (Å²) in [6, 6.07) is 19.6. The van der Waals surface area contributed by atoms with Crippen molar-refractivity contribution >= 4 is 90.7 Å². The van der Waals surface area contributed by atoms with E-state index in [4.69, 9.17) is 0 Å². The van der Waals surface area contributed by atoms with E-state index in [0.717, 1.165) is 71.2 Å². The number of hydrogen-bond donors (Lipinski definition) is 0. The summed E-state index contributed by atoms with van der Waals surface area (Å²) < 4.78 is 72.2. The van der Waals surface area contributed by atoms with Gasteiger partial charge in [0.1, 0.15) is 20.2 Å². The maximum absolute atomic E-state index is 12.0. The molecule has 0 N–H and O–H groups in total. The summed E-state index contributed by atoms with van der Waals surface area (Å²) >= 11 is 0. The van der Waals surface area contributed by atoms with E-state index >= 15 is 0 Å². The first-order valence-electron chi connectivity index (χ1n) is 33.9. The fraction of sp³-hybridized carbons (Fsp3) is 0.722. The molecular weight excluding hydrogens is 1160 g/mol. The predicted molar refractivity (Wildman–Crippen MR) is 350 cm³/mol. The average Bonchev–Trinajstić information content (AvgIpc) is 3.46. The maximum atomic E-state index is 12.0. The normalized spacial score (nSPS) is 11.8. The molecule has 0 unspecified atom stereocenters. The Morgan fingerprint density at radius 1 is 0.272 bits per heavy atom. The molecule has 4 aromatic rings. The van der Waals surface area contributed by atoms with Crippen LogP contribution in [0, 0.1) is 0 Å². The molecule has 0 radical (unpaired) electrons. The molecule has 0 heterocycles. The van der Waals surface area contributed by atoms with Gasteiger partial charge in [-0.3, -0.25) is 0 Å². The van der Waals surface area contributed by atoms with Gasteiger partial charge in [0.05, 0.1) is 9.79 Å². The summed E-state index contributed by atoms with van der Waals surface area (Å²) in [5.41, 5.74) is 4.07. The molecule has 0 atom stereocenters. The second kappa shape index (κ2) is 48.9. The molecule has 0 bridgehead atoms. The van der Waals surface area contributed by atoms with Crippen molar-refractivity contribution in [3.05, 3.63) is 82.9 Å². The quantitative estimate of drug-likeness (QED) is 0.0247. The standard InChI is InChI=1S/2C36H60O3S.Ba/c2*1-3-5-7-9-11-13-15-17-19-21-23-25-32-27-29-34-33(31-32)28-30-36(40(37,38)39)35(34)26-24-22-20-18-16-14-12-10-8-6-4-2;/h2*27-31H,3-26H2,1-2H3,(H,37,38,39);/q;;+2/p-2. The van der Waals surface area contributed by atoms with Crippen LogP contribution in [0.2, 0.25) is 0 Å². The average molecular weight is 1280 g/mol. The number of fused-ring (bicyclic) bond motifs is 2. The number of rotatable bonds is 50. The molecule has 0 saturated heterocycles. The molecule has 81 heavy (non-hydrogen) atoms. The molecule has 9 heteroatoms. The van der Waals surface area contributed by atoms with E-state index in [-0.39, 0.29) is 58.7 Å². The van der Waals surface area contributed by atoms with Crippen LogP contribution in [-0.4, -0.2) is 74.8 Å². The molecule has 0 saturated carbocycles. The van der Waals surface area contributed by atoms with Gasteiger partial charge >= 0.3 is 48.9 Å². The van der Waals surface area contributed by atoms with Crippen LogP contribution in [0.25, 0.3) is 21.5 Å². The largest absolute Gasteiger partial charge is 2.00 e. The van der Waals surface area contributed by atoms with Gasteiger partial charge in [-0.25, -0.2) is 16.8 Å². The van der Waals surface area contributed by atoms with Crippen molar-refractivity contribution in [2.75, 3.05) is 0 Å². The summed E-state index contributed by atoms with van der Waals surface area (Å²) in [5.74, 6) is 0. The van der Waals surface area contributed by atoms with Crippen LogP contribution in [-0.2, 0) is 45.9 Å². The molecular formula is C72H118BaO6S2. The van der Waals surface area contributed by atoms with Gasteiger partial charge < -0.3 is 9.11 Å². The van der Waals surface area contributed by atoms with Crippen molar-refractivity contribution in [2.45, 2.75) is 346 Å². The molecule has 4 rings (SSSR count). The summed E-state index contributed by atoms with van der Waals surface area (Å²) in [4.78, 5) is -0.0459. The third kappa shape index (κ3) is 35.3. The van der Waals surface area contributed by atoms with Crippen molar-refractivity contribution in [1.82, 2.24) is 0 Å². The smallest absolute Gasteiger partial charge is 0.744 e. The molecule has 0 aliphatic carbocycles. The zero-order valence-corrected chi connectivity index (χ0v) is 58.8. The predicted octanol–water partition coefficient (Wildman–Crippen LogP) is 22.5. The first kappa shape index (κ1) is 75.9. The van der Waals surface area contributed by atoms with E-state index in [2.05, 4.69) is 64.1 Å². The SMILES string of the molecule is CCCCCCCCCCCCCc1ccc2c(CCCCCCCCCCCCC)c(S(=O)(=O)[O-])ccc2c1.CCCCCCCCCCCCCc1ccc2c(CCCCCCCCCCCCC)c(S(=O)(=O)[O-])ccc2c1.[Ba+2]. The van der Waals surface area contributed by atoms with Gasteiger partial charge in [0.15, 0.2) is 0 Å². The van der Waals surface area contributed by atoms with Crippen LogP contribution in [0.4, 0.5) is 0 Å². The van der Waals surface area contributed by atoms with Gasteiger partial charge in [0.25, 0.3) is 0 Å². The van der Waals surface area contributed by atoms with Crippen LogP contribution in [0.3, 0.4) is 0 Å². The molecule has 0 spiro atoms. The Labute approximate surface area is 540 Å². The van der Waals surface area contributed by atoms with E-state index in [9.17, 15) is 25.9 Å². The zero-order chi connectivity index (χ0) is 57.8.